The molecule has 3 rings (SSSR count). The number of anilines is 1. The molecular weight excluding hydrogens is 368 g/mol. The zero-order valence-electron chi connectivity index (χ0n) is 16.3. The molecule has 0 saturated carbocycles. The first-order chi connectivity index (χ1) is 14.1. The predicted octanol–water partition coefficient (Wildman–Crippen LogP) is 3.05. The van der Waals surface area contributed by atoms with E-state index in [-0.39, 0.29) is 17.3 Å². The van der Waals surface area contributed by atoms with Crippen molar-refractivity contribution in [1.29, 1.82) is 0 Å². The Labute approximate surface area is 169 Å². The van der Waals surface area contributed by atoms with E-state index < -0.39 is 5.91 Å². The van der Waals surface area contributed by atoms with Gasteiger partial charge in [-0.2, -0.15) is 0 Å². The molecule has 0 atom stereocenters. The number of aromatic nitrogens is 2. The minimum Gasteiger partial charge on any atom is -0.495 e. The van der Waals surface area contributed by atoms with Gasteiger partial charge in [0.05, 0.1) is 12.8 Å². The molecule has 0 aliphatic carbocycles. The summed E-state index contributed by atoms with van der Waals surface area (Å²) in [5.74, 6) is -0.112. The highest BCUT2D eigenvalue weighted by Gasteiger charge is 2.16. The Morgan fingerprint density at radius 2 is 1.72 bits per heavy atom. The van der Waals surface area contributed by atoms with Crippen LogP contribution in [0.5, 0.6) is 5.75 Å². The van der Waals surface area contributed by atoms with Gasteiger partial charge < -0.3 is 15.0 Å². The van der Waals surface area contributed by atoms with Crippen molar-refractivity contribution in [3.63, 3.8) is 0 Å². The van der Waals surface area contributed by atoms with Crippen molar-refractivity contribution in [3.8, 4) is 5.75 Å². The molecule has 148 valence electrons. The number of hydrogen-bond donors (Lipinski definition) is 1. The number of ether oxygens (including phenoxy) is 1. The van der Waals surface area contributed by atoms with E-state index in [1.165, 1.54) is 7.11 Å². The lowest BCUT2D eigenvalue weighted by Crippen LogP contribution is -2.30. The topological polar surface area (TPSA) is 84.4 Å². The van der Waals surface area contributed by atoms with Gasteiger partial charge in [-0.3, -0.25) is 14.6 Å². The Bertz CT molecular complexity index is 992. The van der Waals surface area contributed by atoms with Crippen molar-refractivity contribution >= 4 is 17.5 Å². The first-order valence-corrected chi connectivity index (χ1v) is 9.14. The summed E-state index contributed by atoms with van der Waals surface area (Å²) in [6.45, 7) is 0.530. The van der Waals surface area contributed by atoms with Crippen molar-refractivity contribution in [2.75, 3.05) is 26.0 Å². The first kappa shape index (κ1) is 20.0. The van der Waals surface area contributed by atoms with E-state index in [9.17, 15) is 9.59 Å². The minimum absolute atomic E-state index is 0.157. The number of pyridine rings is 2. The van der Waals surface area contributed by atoms with E-state index in [1.807, 2.05) is 18.2 Å². The lowest BCUT2D eigenvalue weighted by atomic mass is 10.2. The molecular formula is C22H22N4O3. The third-order valence-electron chi connectivity index (χ3n) is 4.39. The highest BCUT2D eigenvalue weighted by Crippen LogP contribution is 2.23. The molecule has 0 unspecified atom stereocenters. The van der Waals surface area contributed by atoms with E-state index in [0.29, 0.717) is 24.4 Å². The normalized spacial score (nSPS) is 10.3. The predicted molar refractivity (Wildman–Crippen MR) is 110 cm³/mol. The van der Waals surface area contributed by atoms with Crippen LogP contribution in [0.25, 0.3) is 0 Å². The molecule has 7 heteroatoms. The summed E-state index contributed by atoms with van der Waals surface area (Å²) in [7, 11) is 3.25. The Kier molecular flexibility index (Phi) is 6.52. The molecule has 0 bridgehead atoms. The molecule has 0 saturated heterocycles. The zero-order chi connectivity index (χ0) is 20.6. The van der Waals surface area contributed by atoms with Crippen LogP contribution in [-0.4, -0.2) is 47.4 Å². The van der Waals surface area contributed by atoms with Gasteiger partial charge in [-0.05, 0) is 48.4 Å². The first-order valence-electron chi connectivity index (χ1n) is 9.14. The molecule has 0 aliphatic rings. The molecule has 2 aromatic heterocycles. The van der Waals surface area contributed by atoms with Gasteiger partial charge in [0.1, 0.15) is 17.1 Å². The van der Waals surface area contributed by atoms with Crippen molar-refractivity contribution in [1.82, 2.24) is 14.9 Å². The van der Waals surface area contributed by atoms with Crippen LogP contribution in [0, 0.1) is 0 Å². The second kappa shape index (κ2) is 9.45. The molecule has 2 heterocycles. The average molecular weight is 390 g/mol. The number of benzene rings is 1. The Morgan fingerprint density at radius 1 is 1.00 bits per heavy atom. The number of methoxy groups -OCH3 is 1. The number of para-hydroxylation sites is 2. The molecule has 2 amide bonds. The lowest BCUT2D eigenvalue weighted by molar-refractivity contribution is 0.0790. The minimum atomic E-state index is -0.413. The van der Waals surface area contributed by atoms with E-state index in [0.717, 1.165) is 5.56 Å². The largest absolute Gasteiger partial charge is 0.495 e. The number of hydrogen-bond acceptors (Lipinski definition) is 5. The summed E-state index contributed by atoms with van der Waals surface area (Å²) in [6, 6.07) is 15.7. The number of nitrogens with one attached hydrogen (secondary N) is 1. The van der Waals surface area contributed by atoms with Gasteiger partial charge in [0.25, 0.3) is 11.8 Å². The summed E-state index contributed by atoms with van der Waals surface area (Å²) in [6.07, 6.45) is 4.16. The molecule has 0 radical (unpaired) electrons. The fourth-order valence-corrected chi connectivity index (χ4v) is 2.76. The summed E-state index contributed by atoms with van der Waals surface area (Å²) in [5.41, 5.74) is 2.00. The number of nitrogens with zero attached hydrogens (tertiary/aromatic N) is 3. The molecule has 1 aromatic carbocycles. The van der Waals surface area contributed by atoms with Crippen molar-refractivity contribution in [3.05, 3.63) is 83.9 Å². The van der Waals surface area contributed by atoms with Crippen molar-refractivity contribution < 1.29 is 14.3 Å². The standard InChI is InChI=1S/C22H22N4O3/c1-26(15-12-16-10-13-23-14-11-16)22(28)19-8-5-7-18(24-19)21(27)25-17-6-3-4-9-20(17)29-2/h3-11,13-14H,12,15H2,1-2H3,(H,25,27). The van der Waals surface area contributed by atoms with E-state index in [4.69, 9.17) is 4.74 Å². The Hall–Kier alpha value is -3.74. The van der Waals surface area contributed by atoms with Gasteiger partial charge >= 0.3 is 0 Å². The third-order valence-corrected chi connectivity index (χ3v) is 4.39. The van der Waals surface area contributed by atoms with Gasteiger partial charge in [0.15, 0.2) is 0 Å². The number of carbonyl (C=O) groups excluding carboxylic acids is 2. The highest BCUT2D eigenvalue weighted by molar-refractivity contribution is 6.04. The maximum Gasteiger partial charge on any atom is 0.274 e. The lowest BCUT2D eigenvalue weighted by Gasteiger charge is -2.17. The van der Waals surface area contributed by atoms with Crippen LogP contribution in [0.3, 0.4) is 0 Å². The van der Waals surface area contributed by atoms with Crippen molar-refractivity contribution in [2.45, 2.75) is 6.42 Å². The van der Waals surface area contributed by atoms with Crippen LogP contribution in [0.15, 0.2) is 67.0 Å². The van der Waals surface area contributed by atoms with E-state index in [2.05, 4.69) is 15.3 Å². The van der Waals surface area contributed by atoms with E-state index >= 15 is 0 Å². The summed E-state index contributed by atoms with van der Waals surface area (Å²) < 4.78 is 5.24. The maximum atomic E-state index is 12.7. The van der Waals surface area contributed by atoms with Crippen LogP contribution in [0.1, 0.15) is 26.5 Å². The number of carbonyl (C=O) groups is 2. The Balaban J connectivity index is 1.67. The van der Waals surface area contributed by atoms with Gasteiger partial charge in [0.2, 0.25) is 0 Å². The smallest absolute Gasteiger partial charge is 0.274 e. The van der Waals surface area contributed by atoms with Gasteiger partial charge in [-0.25, -0.2) is 4.98 Å². The summed E-state index contributed by atoms with van der Waals surface area (Å²) in [4.78, 5) is 35.1. The zero-order valence-corrected chi connectivity index (χ0v) is 16.3. The average Bonchev–Trinajstić information content (AvgIpc) is 2.78. The monoisotopic (exact) mass is 390 g/mol. The SMILES string of the molecule is COc1ccccc1NC(=O)c1cccc(C(=O)N(C)CCc2ccncc2)n1. The van der Waals surface area contributed by atoms with E-state index in [1.54, 1.807) is 60.7 Å². The second-order valence-electron chi connectivity index (χ2n) is 6.39. The summed E-state index contributed by atoms with van der Waals surface area (Å²) >= 11 is 0. The van der Waals surface area contributed by atoms with Crippen LogP contribution in [0.2, 0.25) is 0 Å². The molecule has 7 nitrogen and oxygen atoms in total. The fraction of sp³-hybridized carbons (Fsp3) is 0.182. The second-order valence-corrected chi connectivity index (χ2v) is 6.39. The highest BCUT2D eigenvalue weighted by atomic mass is 16.5. The molecule has 0 spiro atoms. The quantitative estimate of drug-likeness (QED) is 0.670. The third kappa shape index (κ3) is 5.16. The molecule has 0 fully saturated rings. The number of rotatable bonds is 7. The molecule has 29 heavy (non-hydrogen) atoms. The van der Waals surface area contributed by atoms with Gasteiger partial charge in [-0.1, -0.05) is 18.2 Å². The molecule has 1 N–H and O–H groups in total. The summed E-state index contributed by atoms with van der Waals surface area (Å²) in [5, 5.41) is 2.76. The van der Waals surface area contributed by atoms with Crippen LogP contribution < -0.4 is 10.1 Å². The fourth-order valence-electron chi connectivity index (χ4n) is 2.76. The van der Waals surface area contributed by atoms with Crippen molar-refractivity contribution in [2.24, 2.45) is 0 Å². The molecule has 0 aliphatic heterocycles. The Morgan fingerprint density at radius 3 is 2.48 bits per heavy atom. The van der Waals surface area contributed by atoms with Gasteiger partial charge in [0, 0.05) is 26.0 Å². The van der Waals surface area contributed by atoms with Crippen LogP contribution >= 0.6 is 0 Å². The molecule has 3 aromatic rings. The number of amides is 2. The number of likely N-dealkylation sites (N-methyl/N-ethyl adjacent to an activating group) is 1. The van der Waals surface area contributed by atoms with Gasteiger partial charge in [-0.15, -0.1) is 0 Å². The van der Waals surface area contributed by atoms with Crippen LogP contribution in [-0.2, 0) is 6.42 Å². The van der Waals surface area contributed by atoms with Crippen LogP contribution in [0.4, 0.5) is 5.69 Å². The maximum absolute atomic E-state index is 12.7.